The van der Waals surface area contributed by atoms with Crippen molar-refractivity contribution in [1.29, 1.82) is 0 Å². The molecule has 1 aliphatic carbocycles. The first kappa shape index (κ1) is 13.9. The van der Waals surface area contributed by atoms with Gasteiger partial charge in [0.2, 0.25) is 5.88 Å². The second-order valence-electron chi connectivity index (χ2n) is 5.47. The average molecular weight is 266 g/mol. The number of H-pyrrole nitrogens is 1. The zero-order valence-electron chi connectivity index (χ0n) is 11.6. The molecule has 1 fully saturated rings. The van der Waals surface area contributed by atoms with Crippen molar-refractivity contribution in [3.05, 3.63) is 26.4 Å². The van der Waals surface area contributed by atoms with Gasteiger partial charge in [0.1, 0.15) is 0 Å². The normalized spacial score (nSPS) is 24.1. The quantitative estimate of drug-likeness (QED) is 0.803. The fraction of sp³-hybridized carbons (Fsp3) is 0.714. The van der Waals surface area contributed by atoms with E-state index in [1.54, 1.807) is 6.92 Å². The maximum absolute atomic E-state index is 12.0. The molecule has 19 heavy (non-hydrogen) atoms. The van der Waals surface area contributed by atoms with E-state index in [9.17, 15) is 14.7 Å². The zero-order valence-corrected chi connectivity index (χ0v) is 11.6. The van der Waals surface area contributed by atoms with Gasteiger partial charge in [-0.3, -0.25) is 14.3 Å². The number of nitrogens with zero attached hydrogens (tertiary/aromatic N) is 1. The van der Waals surface area contributed by atoms with Crippen molar-refractivity contribution in [2.75, 3.05) is 0 Å². The standard InChI is InChI=1S/C14H22N2O3/c1-3-10-12(17)15-14(19)16(13(10)18)11-8-6-4-5-7-9(11)2/h9,11,18H,3-8H2,1-2H3,(H,15,17,19). The number of rotatable bonds is 2. The van der Waals surface area contributed by atoms with Crippen LogP contribution in [0.15, 0.2) is 9.59 Å². The molecule has 0 aliphatic heterocycles. The summed E-state index contributed by atoms with van der Waals surface area (Å²) in [5.41, 5.74) is -0.656. The van der Waals surface area contributed by atoms with E-state index in [2.05, 4.69) is 11.9 Å². The van der Waals surface area contributed by atoms with Crippen molar-refractivity contribution in [1.82, 2.24) is 9.55 Å². The fourth-order valence-electron chi connectivity index (χ4n) is 3.06. The molecule has 5 heteroatoms. The molecule has 5 nitrogen and oxygen atoms in total. The molecule has 2 N–H and O–H groups in total. The van der Waals surface area contributed by atoms with Crippen LogP contribution in [-0.4, -0.2) is 14.7 Å². The summed E-state index contributed by atoms with van der Waals surface area (Å²) in [4.78, 5) is 26.0. The summed E-state index contributed by atoms with van der Waals surface area (Å²) in [6, 6.07) is -0.0165. The highest BCUT2D eigenvalue weighted by Crippen LogP contribution is 2.33. The lowest BCUT2D eigenvalue weighted by Crippen LogP contribution is -2.36. The Bertz CT molecular complexity index is 559. The van der Waals surface area contributed by atoms with E-state index in [0.717, 1.165) is 25.7 Å². The Balaban J connectivity index is 2.54. The van der Waals surface area contributed by atoms with Gasteiger partial charge in [-0.1, -0.05) is 33.1 Å². The van der Waals surface area contributed by atoms with Crippen LogP contribution in [0.5, 0.6) is 5.88 Å². The number of hydrogen-bond donors (Lipinski definition) is 2. The van der Waals surface area contributed by atoms with Crippen LogP contribution in [0.3, 0.4) is 0 Å². The maximum atomic E-state index is 12.0. The highest BCUT2D eigenvalue weighted by molar-refractivity contribution is 5.23. The van der Waals surface area contributed by atoms with E-state index < -0.39 is 11.2 Å². The van der Waals surface area contributed by atoms with Gasteiger partial charge in [0.05, 0.1) is 5.56 Å². The maximum Gasteiger partial charge on any atom is 0.331 e. The van der Waals surface area contributed by atoms with Crippen molar-refractivity contribution < 1.29 is 5.11 Å². The van der Waals surface area contributed by atoms with Gasteiger partial charge in [-0.2, -0.15) is 0 Å². The summed E-state index contributed by atoms with van der Waals surface area (Å²) in [7, 11) is 0. The minimum absolute atomic E-state index is 0.0165. The number of aromatic amines is 1. The minimum atomic E-state index is -0.488. The monoisotopic (exact) mass is 266 g/mol. The Labute approximate surface area is 112 Å². The van der Waals surface area contributed by atoms with E-state index in [0.29, 0.717) is 17.9 Å². The molecule has 1 heterocycles. The molecule has 0 bridgehead atoms. The third kappa shape index (κ3) is 2.60. The molecule has 1 aliphatic rings. The second kappa shape index (κ2) is 5.63. The molecule has 1 aromatic heterocycles. The van der Waals surface area contributed by atoms with Gasteiger partial charge in [-0.15, -0.1) is 0 Å². The van der Waals surface area contributed by atoms with Crippen molar-refractivity contribution >= 4 is 0 Å². The molecular formula is C14H22N2O3. The lowest BCUT2D eigenvalue weighted by Gasteiger charge is -2.25. The predicted molar refractivity (Wildman–Crippen MR) is 73.7 cm³/mol. The fourth-order valence-corrected chi connectivity index (χ4v) is 3.06. The number of aromatic nitrogens is 2. The van der Waals surface area contributed by atoms with Gasteiger partial charge in [0.15, 0.2) is 0 Å². The van der Waals surface area contributed by atoms with E-state index in [-0.39, 0.29) is 11.9 Å². The first-order valence-electron chi connectivity index (χ1n) is 7.13. The lowest BCUT2D eigenvalue weighted by molar-refractivity contribution is 0.279. The third-order valence-corrected chi connectivity index (χ3v) is 4.21. The smallest absolute Gasteiger partial charge is 0.331 e. The highest BCUT2D eigenvalue weighted by atomic mass is 16.3. The number of nitrogens with one attached hydrogen (secondary N) is 1. The van der Waals surface area contributed by atoms with Crippen LogP contribution in [0.25, 0.3) is 0 Å². The molecule has 2 unspecified atom stereocenters. The molecule has 0 amide bonds. The molecule has 2 rings (SSSR count). The van der Waals surface area contributed by atoms with Crippen LogP contribution in [0.1, 0.15) is 57.6 Å². The summed E-state index contributed by atoms with van der Waals surface area (Å²) in [6.45, 7) is 3.91. The van der Waals surface area contributed by atoms with Gasteiger partial charge >= 0.3 is 5.69 Å². The van der Waals surface area contributed by atoms with Gasteiger partial charge in [0.25, 0.3) is 5.56 Å². The molecule has 0 saturated heterocycles. The van der Waals surface area contributed by atoms with E-state index >= 15 is 0 Å². The second-order valence-corrected chi connectivity index (χ2v) is 5.47. The Kier molecular flexibility index (Phi) is 4.12. The van der Waals surface area contributed by atoms with Crippen LogP contribution < -0.4 is 11.2 Å². The molecular weight excluding hydrogens is 244 g/mol. The van der Waals surface area contributed by atoms with Crippen LogP contribution in [0.4, 0.5) is 0 Å². The summed E-state index contributed by atoms with van der Waals surface area (Å²) < 4.78 is 1.40. The molecule has 0 aromatic carbocycles. The van der Waals surface area contributed by atoms with Gasteiger partial charge in [0, 0.05) is 6.04 Å². The van der Waals surface area contributed by atoms with E-state index in [1.165, 1.54) is 11.0 Å². The van der Waals surface area contributed by atoms with Gasteiger partial charge < -0.3 is 5.11 Å². The zero-order chi connectivity index (χ0) is 14.0. The van der Waals surface area contributed by atoms with Crippen molar-refractivity contribution in [2.24, 2.45) is 5.92 Å². The minimum Gasteiger partial charge on any atom is -0.494 e. The largest absolute Gasteiger partial charge is 0.494 e. The van der Waals surface area contributed by atoms with E-state index in [4.69, 9.17) is 0 Å². The lowest BCUT2D eigenvalue weighted by atomic mass is 9.96. The SMILES string of the molecule is CCc1c(O)n(C2CCCCCC2C)c(=O)[nH]c1=O. The Morgan fingerprint density at radius 1 is 1.26 bits per heavy atom. The summed E-state index contributed by atoms with van der Waals surface area (Å²) in [5.74, 6) is 0.191. The summed E-state index contributed by atoms with van der Waals surface area (Å²) in [6.07, 6.45) is 5.74. The first-order valence-corrected chi connectivity index (χ1v) is 7.13. The number of hydrogen-bond acceptors (Lipinski definition) is 3. The topological polar surface area (TPSA) is 75.1 Å². The third-order valence-electron chi connectivity index (χ3n) is 4.21. The molecule has 2 atom stereocenters. The van der Waals surface area contributed by atoms with Crippen molar-refractivity contribution in [3.8, 4) is 5.88 Å². The summed E-state index contributed by atoms with van der Waals surface area (Å²) >= 11 is 0. The molecule has 0 spiro atoms. The van der Waals surface area contributed by atoms with Gasteiger partial charge in [-0.05, 0) is 25.2 Å². The average Bonchev–Trinajstić information content (AvgIpc) is 2.55. The molecule has 1 saturated carbocycles. The van der Waals surface area contributed by atoms with Gasteiger partial charge in [-0.25, -0.2) is 4.79 Å². The van der Waals surface area contributed by atoms with Crippen LogP contribution in [-0.2, 0) is 6.42 Å². The predicted octanol–water partition coefficient (Wildman–Crippen LogP) is 1.95. The highest BCUT2D eigenvalue weighted by Gasteiger charge is 2.26. The first-order chi connectivity index (χ1) is 9.06. The van der Waals surface area contributed by atoms with Crippen LogP contribution in [0.2, 0.25) is 0 Å². The number of aromatic hydroxyl groups is 1. The van der Waals surface area contributed by atoms with Crippen LogP contribution in [0, 0.1) is 5.92 Å². The van der Waals surface area contributed by atoms with Crippen molar-refractivity contribution in [3.63, 3.8) is 0 Å². The van der Waals surface area contributed by atoms with E-state index in [1.807, 2.05) is 0 Å². The van der Waals surface area contributed by atoms with Crippen molar-refractivity contribution in [2.45, 2.75) is 58.4 Å². The Morgan fingerprint density at radius 3 is 2.63 bits per heavy atom. The molecule has 0 radical (unpaired) electrons. The van der Waals surface area contributed by atoms with Crippen LogP contribution >= 0.6 is 0 Å². The molecule has 1 aromatic rings. The molecule has 106 valence electrons. The summed E-state index contributed by atoms with van der Waals surface area (Å²) in [5, 5.41) is 10.3. The Morgan fingerprint density at radius 2 is 1.95 bits per heavy atom. The Hall–Kier alpha value is -1.52.